The third-order valence-corrected chi connectivity index (χ3v) is 3.61. The van der Waals surface area contributed by atoms with Gasteiger partial charge in [0.15, 0.2) is 0 Å². The Kier molecular flexibility index (Phi) is 5.34. The molecule has 6 heteroatoms. The lowest BCUT2D eigenvalue weighted by atomic mass is 10.2. The number of carbonyl (C=O) groups excluding carboxylic acids is 1. The van der Waals surface area contributed by atoms with Crippen LogP contribution in [0.1, 0.15) is 12.7 Å². The van der Waals surface area contributed by atoms with E-state index in [4.69, 9.17) is 44.0 Å². The van der Waals surface area contributed by atoms with E-state index in [1.807, 2.05) is 0 Å². The van der Waals surface area contributed by atoms with Crippen LogP contribution >= 0.6 is 34.8 Å². The fourth-order valence-corrected chi connectivity index (χ4v) is 2.28. The highest BCUT2D eigenvalue weighted by Crippen LogP contribution is 2.36. The highest BCUT2D eigenvalue weighted by atomic mass is 35.5. The summed E-state index contributed by atoms with van der Waals surface area (Å²) in [6.45, 7) is 2.06. The van der Waals surface area contributed by atoms with Crippen LogP contribution < -0.4 is 0 Å². The summed E-state index contributed by atoms with van der Waals surface area (Å²) in [5.74, 6) is 0.602. The molecule has 2 rings (SSSR count). The van der Waals surface area contributed by atoms with Gasteiger partial charge in [-0.15, -0.1) is 0 Å². The van der Waals surface area contributed by atoms with Crippen molar-refractivity contribution in [3.8, 4) is 11.3 Å². The van der Waals surface area contributed by atoms with E-state index >= 15 is 0 Å². The molecule has 0 saturated heterocycles. The predicted molar refractivity (Wildman–Crippen MR) is 84.8 cm³/mol. The maximum Gasteiger partial charge on any atom is 0.330 e. The highest BCUT2D eigenvalue weighted by Gasteiger charge is 2.11. The lowest BCUT2D eigenvalue weighted by Crippen LogP contribution is -1.98. The SMILES string of the molecule is CCOC(=O)/C=C/c1ccc(-c2cc(Cl)c(Cl)cc2Cl)o1. The van der Waals surface area contributed by atoms with Gasteiger partial charge in [0, 0.05) is 11.6 Å². The topological polar surface area (TPSA) is 39.4 Å². The van der Waals surface area contributed by atoms with Gasteiger partial charge in [-0.3, -0.25) is 0 Å². The monoisotopic (exact) mass is 344 g/mol. The molecule has 0 spiro atoms. The van der Waals surface area contributed by atoms with Crippen LogP contribution in [0.15, 0.2) is 34.8 Å². The molecule has 1 aromatic heterocycles. The van der Waals surface area contributed by atoms with Gasteiger partial charge in [-0.1, -0.05) is 34.8 Å². The van der Waals surface area contributed by atoms with E-state index in [0.29, 0.717) is 38.8 Å². The highest BCUT2D eigenvalue weighted by molar-refractivity contribution is 6.44. The molecule has 0 saturated carbocycles. The molecule has 0 atom stereocenters. The van der Waals surface area contributed by atoms with Crippen molar-refractivity contribution in [1.82, 2.24) is 0 Å². The van der Waals surface area contributed by atoms with Crippen molar-refractivity contribution in [3.05, 3.63) is 51.2 Å². The number of carbonyl (C=O) groups is 1. The molecule has 2 aromatic rings. The van der Waals surface area contributed by atoms with E-state index in [0.717, 1.165) is 0 Å². The lowest BCUT2D eigenvalue weighted by Gasteiger charge is -2.03. The van der Waals surface area contributed by atoms with E-state index in [1.165, 1.54) is 12.2 Å². The molecule has 1 heterocycles. The van der Waals surface area contributed by atoms with Gasteiger partial charge in [-0.25, -0.2) is 4.79 Å². The molecule has 0 fully saturated rings. The van der Waals surface area contributed by atoms with Gasteiger partial charge in [0.05, 0.1) is 21.7 Å². The molecule has 0 aliphatic heterocycles. The Bertz CT molecular complexity index is 689. The molecule has 0 radical (unpaired) electrons. The summed E-state index contributed by atoms with van der Waals surface area (Å²) in [5, 5.41) is 1.19. The second kappa shape index (κ2) is 7.03. The minimum Gasteiger partial charge on any atom is -0.463 e. The van der Waals surface area contributed by atoms with Crippen molar-refractivity contribution in [1.29, 1.82) is 0 Å². The third-order valence-electron chi connectivity index (χ3n) is 2.57. The van der Waals surface area contributed by atoms with Crippen molar-refractivity contribution in [2.75, 3.05) is 6.61 Å². The average molecular weight is 346 g/mol. The number of hydrogen-bond acceptors (Lipinski definition) is 3. The van der Waals surface area contributed by atoms with Crippen LogP contribution in [-0.2, 0) is 9.53 Å². The lowest BCUT2D eigenvalue weighted by molar-refractivity contribution is -0.137. The zero-order chi connectivity index (χ0) is 15.4. The molecular weight excluding hydrogens is 335 g/mol. The van der Waals surface area contributed by atoms with Gasteiger partial charge in [0.2, 0.25) is 0 Å². The normalized spacial score (nSPS) is 11.0. The standard InChI is InChI=1S/C15H11Cl3O3/c1-2-20-15(19)6-4-9-3-5-14(21-9)10-7-12(17)13(18)8-11(10)16/h3-8H,2H2,1H3/b6-4+. The smallest absolute Gasteiger partial charge is 0.330 e. The van der Waals surface area contributed by atoms with Crippen LogP contribution in [-0.4, -0.2) is 12.6 Å². The molecule has 0 aliphatic rings. The number of benzene rings is 1. The fourth-order valence-electron chi connectivity index (χ4n) is 1.64. The summed E-state index contributed by atoms with van der Waals surface area (Å²) < 4.78 is 10.4. The molecule has 0 bridgehead atoms. The van der Waals surface area contributed by atoms with Crippen LogP contribution in [0.25, 0.3) is 17.4 Å². The van der Waals surface area contributed by atoms with Crippen molar-refractivity contribution in [2.45, 2.75) is 6.92 Å². The van der Waals surface area contributed by atoms with Crippen molar-refractivity contribution < 1.29 is 13.9 Å². The molecule has 0 N–H and O–H groups in total. The van der Waals surface area contributed by atoms with E-state index in [2.05, 4.69) is 0 Å². The number of ether oxygens (including phenoxy) is 1. The number of hydrogen-bond donors (Lipinski definition) is 0. The van der Waals surface area contributed by atoms with Crippen LogP contribution in [0.3, 0.4) is 0 Å². The molecule has 0 aliphatic carbocycles. The molecule has 110 valence electrons. The van der Waals surface area contributed by atoms with E-state index in [1.54, 1.807) is 31.2 Å². The van der Waals surface area contributed by atoms with Crippen LogP contribution in [0, 0.1) is 0 Å². The Morgan fingerprint density at radius 1 is 1.19 bits per heavy atom. The summed E-state index contributed by atoms with van der Waals surface area (Å²) in [5.41, 5.74) is 0.627. The summed E-state index contributed by atoms with van der Waals surface area (Å²) >= 11 is 18.0. The van der Waals surface area contributed by atoms with Gasteiger partial charge in [0.25, 0.3) is 0 Å². The van der Waals surface area contributed by atoms with Gasteiger partial charge in [-0.2, -0.15) is 0 Å². The first kappa shape index (κ1) is 16.0. The van der Waals surface area contributed by atoms with Crippen LogP contribution in [0.5, 0.6) is 0 Å². The second-order valence-corrected chi connectivity index (χ2v) is 5.26. The molecule has 0 amide bonds. The quantitative estimate of drug-likeness (QED) is 0.418. The molecule has 3 nitrogen and oxygen atoms in total. The zero-order valence-corrected chi connectivity index (χ0v) is 13.3. The number of halogens is 3. The summed E-state index contributed by atoms with van der Waals surface area (Å²) in [4.78, 5) is 11.2. The Morgan fingerprint density at radius 3 is 2.62 bits per heavy atom. The maximum absolute atomic E-state index is 11.2. The molecule has 0 unspecified atom stereocenters. The van der Waals surface area contributed by atoms with Gasteiger partial charge < -0.3 is 9.15 Å². The summed E-state index contributed by atoms with van der Waals surface area (Å²) in [7, 11) is 0. The van der Waals surface area contributed by atoms with E-state index in [9.17, 15) is 4.79 Å². The maximum atomic E-state index is 11.2. The largest absolute Gasteiger partial charge is 0.463 e. The van der Waals surface area contributed by atoms with Crippen LogP contribution in [0.2, 0.25) is 15.1 Å². The Balaban J connectivity index is 2.24. The van der Waals surface area contributed by atoms with Crippen molar-refractivity contribution in [3.63, 3.8) is 0 Å². The predicted octanol–water partition coefficient (Wildman–Crippen LogP) is 5.48. The fraction of sp³-hybridized carbons (Fsp3) is 0.133. The molecule has 21 heavy (non-hydrogen) atoms. The first-order valence-electron chi connectivity index (χ1n) is 6.11. The summed E-state index contributed by atoms with van der Waals surface area (Å²) in [6.07, 6.45) is 2.81. The molecule has 1 aromatic carbocycles. The Hall–Kier alpha value is -1.42. The first-order chi connectivity index (χ1) is 10.0. The first-order valence-corrected chi connectivity index (χ1v) is 7.24. The average Bonchev–Trinajstić information content (AvgIpc) is 2.89. The third kappa shape index (κ3) is 4.03. The van der Waals surface area contributed by atoms with Gasteiger partial charge >= 0.3 is 5.97 Å². The van der Waals surface area contributed by atoms with Gasteiger partial charge in [0.1, 0.15) is 11.5 Å². The Labute approximate surface area is 137 Å². The van der Waals surface area contributed by atoms with Crippen molar-refractivity contribution in [2.24, 2.45) is 0 Å². The van der Waals surface area contributed by atoms with Crippen molar-refractivity contribution >= 4 is 46.8 Å². The molecular formula is C15H11Cl3O3. The van der Waals surface area contributed by atoms with Gasteiger partial charge in [-0.05, 0) is 37.3 Å². The minimum atomic E-state index is -0.428. The number of esters is 1. The zero-order valence-electron chi connectivity index (χ0n) is 11.0. The number of furan rings is 1. The summed E-state index contributed by atoms with van der Waals surface area (Å²) in [6, 6.07) is 6.63. The van der Waals surface area contributed by atoms with E-state index in [-0.39, 0.29) is 0 Å². The van der Waals surface area contributed by atoms with E-state index < -0.39 is 5.97 Å². The Morgan fingerprint density at radius 2 is 1.90 bits per heavy atom. The minimum absolute atomic E-state index is 0.325. The second-order valence-electron chi connectivity index (χ2n) is 4.03. The van der Waals surface area contributed by atoms with Crippen LogP contribution in [0.4, 0.5) is 0 Å². The number of rotatable bonds is 4.